The molecule has 2 aromatic rings. The fourth-order valence-electron chi connectivity index (χ4n) is 1.86. The van der Waals surface area contributed by atoms with Crippen LogP contribution in [0.1, 0.15) is 38.6 Å². The minimum Gasteiger partial charge on any atom is -0.379 e. The zero-order valence-electron chi connectivity index (χ0n) is 12.7. The third kappa shape index (κ3) is 4.29. The highest BCUT2D eigenvalue weighted by Gasteiger charge is 2.17. The molecule has 0 aliphatic carbocycles. The van der Waals surface area contributed by atoms with Crippen LogP contribution in [-0.4, -0.2) is 16.0 Å². The number of unbranched alkanes of at least 4 members (excludes halogenated alkanes) is 1. The van der Waals surface area contributed by atoms with Gasteiger partial charge in [0, 0.05) is 22.9 Å². The summed E-state index contributed by atoms with van der Waals surface area (Å²) in [7, 11) is 0. The van der Waals surface area contributed by atoms with Crippen LogP contribution in [0.15, 0.2) is 52.1 Å². The number of rotatable bonds is 6. The van der Waals surface area contributed by atoms with Gasteiger partial charge in [-0.15, -0.1) is 0 Å². The third-order valence-corrected chi connectivity index (χ3v) is 3.42. The van der Waals surface area contributed by atoms with Crippen LogP contribution in [0.4, 0.5) is 0 Å². The zero-order chi connectivity index (χ0) is 15.9. The molecule has 0 fully saturated rings. The van der Waals surface area contributed by atoms with Crippen molar-refractivity contribution in [2.24, 2.45) is 4.99 Å². The van der Waals surface area contributed by atoms with Crippen molar-refractivity contribution >= 4 is 17.3 Å². The second-order valence-electron chi connectivity index (χ2n) is 4.97. The molecule has 0 amide bonds. The molecule has 1 aromatic carbocycles. The molecule has 0 radical (unpaired) electrons. The van der Waals surface area contributed by atoms with Crippen molar-refractivity contribution in [3.8, 4) is 11.3 Å². The molecule has 0 saturated carbocycles. The number of allylic oxidation sites excluding steroid dienone is 1. The highest BCUT2D eigenvalue weighted by atomic mass is 35.5. The summed E-state index contributed by atoms with van der Waals surface area (Å²) in [6.45, 7) is 3.86. The minimum atomic E-state index is -0.903. The summed E-state index contributed by atoms with van der Waals surface area (Å²) < 4.78 is 5.22. The molecule has 22 heavy (non-hydrogen) atoms. The van der Waals surface area contributed by atoms with Crippen molar-refractivity contribution in [2.75, 3.05) is 0 Å². The molecule has 4 nitrogen and oxygen atoms in total. The number of aromatic nitrogens is 1. The largest absolute Gasteiger partial charge is 0.379 e. The van der Waals surface area contributed by atoms with E-state index >= 15 is 0 Å². The van der Waals surface area contributed by atoms with Gasteiger partial charge >= 0.3 is 0 Å². The van der Waals surface area contributed by atoms with E-state index in [0.717, 1.165) is 18.4 Å². The molecule has 1 atom stereocenters. The van der Waals surface area contributed by atoms with Crippen LogP contribution in [0.3, 0.4) is 0 Å². The Morgan fingerprint density at radius 2 is 2.14 bits per heavy atom. The monoisotopic (exact) mass is 318 g/mol. The molecule has 2 rings (SSSR count). The maximum Gasteiger partial charge on any atom is 0.171 e. The van der Waals surface area contributed by atoms with Crippen LogP contribution < -0.4 is 0 Å². The van der Waals surface area contributed by atoms with E-state index < -0.39 is 6.10 Å². The maximum absolute atomic E-state index is 10.2. The van der Waals surface area contributed by atoms with Crippen molar-refractivity contribution in [3.05, 3.63) is 53.4 Å². The Bertz CT molecular complexity index is 660. The van der Waals surface area contributed by atoms with Gasteiger partial charge in [-0.2, -0.15) is 0 Å². The number of hydrogen-bond acceptors (Lipinski definition) is 4. The predicted octanol–water partition coefficient (Wildman–Crippen LogP) is 4.80. The number of aliphatic hydroxyl groups excluding tert-OH is 1. The zero-order valence-corrected chi connectivity index (χ0v) is 13.4. The normalized spacial score (nSPS) is 13.7. The van der Waals surface area contributed by atoms with E-state index in [0.29, 0.717) is 22.2 Å². The molecule has 0 spiro atoms. The van der Waals surface area contributed by atoms with Gasteiger partial charge in [-0.25, -0.2) is 0 Å². The Kier molecular flexibility index (Phi) is 5.92. The van der Waals surface area contributed by atoms with Crippen LogP contribution in [0.2, 0.25) is 5.02 Å². The van der Waals surface area contributed by atoms with Crippen LogP contribution in [-0.2, 0) is 0 Å². The SMILES string of the molecule is CCC/C=C\N=C(C)C(O)c1cc(-c2ccc(Cl)cc2)no1. The van der Waals surface area contributed by atoms with Crippen molar-refractivity contribution in [1.29, 1.82) is 0 Å². The lowest BCUT2D eigenvalue weighted by atomic mass is 10.1. The fraction of sp³-hybridized carbons (Fsp3) is 0.294. The molecule has 0 bridgehead atoms. The lowest BCUT2D eigenvalue weighted by molar-refractivity contribution is 0.199. The number of aliphatic imine (C=N–C) groups is 1. The maximum atomic E-state index is 10.2. The summed E-state index contributed by atoms with van der Waals surface area (Å²) >= 11 is 5.86. The summed E-state index contributed by atoms with van der Waals surface area (Å²) in [5.74, 6) is 0.370. The van der Waals surface area contributed by atoms with Crippen molar-refractivity contribution in [1.82, 2.24) is 5.16 Å². The molecular weight excluding hydrogens is 300 g/mol. The molecule has 116 valence electrons. The highest BCUT2D eigenvalue weighted by molar-refractivity contribution is 6.30. The second-order valence-corrected chi connectivity index (χ2v) is 5.40. The van der Waals surface area contributed by atoms with Gasteiger partial charge in [0.15, 0.2) is 11.9 Å². The molecular formula is C17H19ClN2O2. The first kappa shape index (κ1) is 16.5. The molecule has 5 heteroatoms. The Balaban J connectivity index is 2.11. The van der Waals surface area contributed by atoms with Crippen molar-refractivity contribution in [2.45, 2.75) is 32.8 Å². The third-order valence-electron chi connectivity index (χ3n) is 3.17. The van der Waals surface area contributed by atoms with Gasteiger partial charge in [-0.05, 0) is 25.5 Å². The number of nitrogens with zero attached hydrogens (tertiary/aromatic N) is 2. The fourth-order valence-corrected chi connectivity index (χ4v) is 1.99. The first-order valence-electron chi connectivity index (χ1n) is 7.21. The molecule has 1 heterocycles. The summed E-state index contributed by atoms with van der Waals surface area (Å²) in [4.78, 5) is 4.21. The van der Waals surface area contributed by atoms with E-state index in [1.165, 1.54) is 0 Å². The van der Waals surface area contributed by atoms with E-state index in [9.17, 15) is 5.11 Å². The summed E-state index contributed by atoms with van der Waals surface area (Å²) in [5, 5.41) is 14.9. The lowest BCUT2D eigenvalue weighted by Gasteiger charge is -2.04. The van der Waals surface area contributed by atoms with E-state index in [4.69, 9.17) is 16.1 Å². The number of benzene rings is 1. The Morgan fingerprint density at radius 1 is 1.41 bits per heavy atom. The topological polar surface area (TPSA) is 58.6 Å². The quantitative estimate of drug-likeness (QED) is 0.778. The van der Waals surface area contributed by atoms with Gasteiger partial charge in [0.1, 0.15) is 5.69 Å². The van der Waals surface area contributed by atoms with Crippen LogP contribution in [0.25, 0.3) is 11.3 Å². The molecule has 1 unspecified atom stereocenters. The van der Waals surface area contributed by atoms with Gasteiger partial charge in [0.2, 0.25) is 0 Å². The molecule has 1 N–H and O–H groups in total. The predicted molar refractivity (Wildman–Crippen MR) is 89.1 cm³/mol. The molecule has 0 aliphatic rings. The van der Waals surface area contributed by atoms with Gasteiger partial charge in [0.05, 0.1) is 5.71 Å². The van der Waals surface area contributed by atoms with Gasteiger partial charge in [-0.1, -0.05) is 48.3 Å². The lowest BCUT2D eigenvalue weighted by Crippen LogP contribution is -2.06. The standard InChI is InChI=1S/C17H19ClN2O2/c1-3-4-5-10-19-12(2)17(21)16-11-15(20-22-16)13-6-8-14(18)9-7-13/h5-11,17,21H,3-4H2,1-2H3/b10-5-,19-12?. The molecule has 1 aromatic heterocycles. The smallest absolute Gasteiger partial charge is 0.171 e. The number of aliphatic hydroxyl groups is 1. The van der Waals surface area contributed by atoms with Crippen molar-refractivity contribution < 1.29 is 9.63 Å². The van der Waals surface area contributed by atoms with Gasteiger partial charge in [-0.3, -0.25) is 4.99 Å². The first-order chi connectivity index (χ1) is 10.6. The Morgan fingerprint density at radius 3 is 2.82 bits per heavy atom. The average Bonchev–Trinajstić information content (AvgIpc) is 3.01. The van der Waals surface area contributed by atoms with Crippen molar-refractivity contribution in [3.63, 3.8) is 0 Å². The summed E-state index contributed by atoms with van der Waals surface area (Å²) in [5.41, 5.74) is 2.09. The van der Waals surface area contributed by atoms with E-state index in [2.05, 4.69) is 17.1 Å². The summed E-state index contributed by atoms with van der Waals surface area (Å²) in [6, 6.07) is 8.98. The van der Waals surface area contributed by atoms with E-state index in [-0.39, 0.29) is 0 Å². The van der Waals surface area contributed by atoms with Crippen LogP contribution >= 0.6 is 11.6 Å². The van der Waals surface area contributed by atoms with E-state index in [1.54, 1.807) is 31.3 Å². The van der Waals surface area contributed by atoms with Crippen LogP contribution in [0, 0.1) is 0 Å². The Labute approximate surface area is 135 Å². The Hall–Kier alpha value is -1.91. The minimum absolute atomic E-state index is 0.370. The van der Waals surface area contributed by atoms with Gasteiger partial charge < -0.3 is 9.63 Å². The molecule has 0 saturated heterocycles. The second kappa shape index (κ2) is 7.92. The number of halogens is 1. The van der Waals surface area contributed by atoms with Crippen LogP contribution in [0.5, 0.6) is 0 Å². The first-order valence-corrected chi connectivity index (χ1v) is 7.59. The van der Waals surface area contributed by atoms with Gasteiger partial charge in [0.25, 0.3) is 0 Å². The van der Waals surface area contributed by atoms with E-state index in [1.807, 2.05) is 18.2 Å². The average molecular weight is 319 g/mol. The summed E-state index contributed by atoms with van der Waals surface area (Å²) in [6.07, 6.45) is 4.81. The number of hydrogen-bond donors (Lipinski definition) is 1. The highest BCUT2D eigenvalue weighted by Crippen LogP contribution is 2.24. The molecule has 0 aliphatic heterocycles.